The summed E-state index contributed by atoms with van der Waals surface area (Å²) in [5, 5.41) is 0.388. The SMILES string of the molecule is Br.PC1(c2ccccc2)CCCCC1. The maximum Gasteiger partial charge on any atom is 0.00975 e. The van der Waals surface area contributed by atoms with E-state index in [1.807, 2.05) is 0 Å². The molecule has 0 spiro atoms. The summed E-state index contributed by atoms with van der Waals surface area (Å²) in [6, 6.07) is 10.9. The van der Waals surface area contributed by atoms with Crippen molar-refractivity contribution in [1.29, 1.82) is 0 Å². The smallest absolute Gasteiger partial charge is 0.00975 e. The fourth-order valence-corrected chi connectivity index (χ4v) is 2.84. The Balaban J connectivity index is 0.000000980. The third kappa shape index (κ3) is 2.58. The predicted octanol–water partition coefficient (Wildman–Crippen LogP) is 4.30. The highest BCUT2D eigenvalue weighted by molar-refractivity contribution is 8.93. The van der Waals surface area contributed by atoms with Crippen LogP contribution in [0.25, 0.3) is 0 Å². The molecule has 1 aromatic rings. The summed E-state index contributed by atoms with van der Waals surface area (Å²) in [4.78, 5) is 0. The van der Waals surface area contributed by atoms with Gasteiger partial charge in [0, 0.05) is 5.16 Å². The molecule has 78 valence electrons. The average Bonchev–Trinajstić information content (AvgIpc) is 2.20. The van der Waals surface area contributed by atoms with Crippen molar-refractivity contribution in [2.75, 3.05) is 0 Å². The zero-order chi connectivity index (χ0) is 9.15. The van der Waals surface area contributed by atoms with E-state index in [2.05, 4.69) is 39.6 Å². The van der Waals surface area contributed by atoms with Crippen molar-refractivity contribution in [2.45, 2.75) is 37.3 Å². The lowest BCUT2D eigenvalue weighted by molar-refractivity contribution is 0.406. The zero-order valence-corrected chi connectivity index (χ0v) is 11.3. The van der Waals surface area contributed by atoms with Gasteiger partial charge in [0.2, 0.25) is 0 Å². The summed E-state index contributed by atoms with van der Waals surface area (Å²) in [6.45, 7) is 0. The summed E-state index contributed by atoms with van der Waals surface area (Å²) in [7, 11) is 3.08. The molecule has 1 aliphatic carbocycles. The van der Waals surface area contributed by atoms with Crippen molar-refractivity contribution in [1.82, 2.24) is 0 Å². The number of rotatable bonds is 1. The highest BCUT2D eigenvalue weighted by Crippen LogP contribution is 2.44. The normalized spacial score (nSPS) is 19.8. The summed E-state index contributed by atoms with van der Waals surface area (Å²) in [5.74, 6) is 0. The van der Waals surface area contributed by atoms with E-state index in [4.69, 9.17) is 0 Å². The number of halogens is 1. The second kappa shape index (κ2) is 5.28. The minimum Gasteiger partial charge on any atom is -0.126 e. The number of hydrogen-bond donors (Lipinski definition) is 0. The maximum atomic E-state index is 3.08. The van der Waals surface area contributed by atoms with E-state index in [9.17, 15) is 0 Å². The Morgan fingerprint density at radius 3 is 2.07 bits per heavy atom. The fraction of sp³-hybridized carbons (Fsp3) is 0.500. The molecular weight excluding hydrogens is 255 g/mol. The maximum absolute atomic E-state index is 3.08. The lowest BCUT2D eigenvalue weighted by atomic mass is 9.83. The van der Waals surface area contributed by atoms with Crippen LogP contribution in [0.3, 0.4) is 0 Å². The van der Waals surface area contributed by atoms with Crippen LogP contribution in [0.5, 0.6) is 0 Å². The molecule has 0 N–H and O–H groups in total. The first kappa shape index (κ1) is 12.2. The van der Waals surface area contributed by atoms with Gasteiger partial charge in [-0.1, -0.05) is 49.6 Å². The molecule has 1 unspecified atom stereocenters. The molecule has 2 heteroatoms. The predicted molar refractivity (Wildman–Crippen MR) is 71.2 cm³/mol. The van der Waals surface area contributed by atoms with Crippen molar-refractivity contribution in [3.63, 3.8) is 0 Å². The molecular formula is C12H18BrP. The Hall–Kier alpha value is 0.130. The molecule has 1 fully saturated rings. The van der Waals surface area contributed by atoms with Crippen molar-refractivity contribution in [2.24, 2.45) is 0 Å². The summed E-state index contributed by atoms with van der Waals surface area (Å²) < 4.78 is 0. The topological polar surface area (TPSA) is 0 Å². The van der Waals surface area contributed by atoms with E-state index < -0.39 is 0 Å². The molecule has 1 aliphatic rings. The largest absolute Gasteiger partial charge is 0.126 e. The Morgan fingerprint density at radius 1 is 0.929 bits per heavy atom. The van der Waals surface area contributed by atoms with Gasteiger partial charge in [0.05, 0.1) is 0 Å². The van der Waals surface area contributed by atoms with Crippen molar-refractivity contribution in [3.05, 3.63) is 35.9 Å². The van der Waals surface area contributed by atoms with Gasteiger partial charge < -0.3 is 0 Å². The first-order valence-electron chi connectivity index (χ1n) is 5.16. The molecule has 0 bridgehead atoms. The van der Waals surface area contributed by atoms with Crippen LogP contribution >= 0.6 is 26.2 Å². The van der Waals surface area contributed by atoms with Crippen LogP contribution in [0.2, 0.25) is 0 Å². The molecule has 0 radical (unpaired) electrons. The minimum atomic E-state index is 0. The van der Waals surface area contributed by atoms with E-state index in [0.29, 0.717) is 5.16 Å². The van der Waals surface area contributed by atoms with Gasteiger partial charge in [-0.2, -0.15) is 0 Å². The van der Waals surface area contributed by atoms with Gasteiger partial charge in [-0.05, 0) is 18.4 Å². The van der Waals surface area contributed by atoms with Gasteiger partial charge in [0.15, 0.2) is 0 Å². The molecule has 0 heterocycles. The second-order valence-electron chi connectivity index (χ2n) is 4.08. The molecule has 2 rings (SSSR count). The minimum absolute atomic E-state index is 0. The van der Waals surface area contributed by atoms with E-state index >= 15 is 0 Å². The first-order chi connectivity index (χ1) is 6.31. The van der Waals surface area contributed by atoms with E-state index in [1.54, 1.807) is 0 Å². The summed E-state index contributed by atoms with van der Waals surface area (Å²) >= 11 is 0. The van der Waals surface area contributed by atoms with E-state index in [0.717, 1.165) is 0 Å². The quantitative estimate of drug-likeness (QED) is 0.669. The summed E-state index contributed by atoms with van der Waals surface area (Å²) in [6.07, 6.45) is 6.86. The molecule has 0 aromatic heterocycles. The van der Waals surface area contributed by atoms with Crippen LogP contribution in [0.1, 0.15) is 37.7 Å². The van der Waals surface area contributed by atoms with Crippen LogP contribution in [0, 0.1) is 0 Å². The van der Waals surface area contributed by atoms with Gasteiger partial charge in [0.25, 0.3) is 0 Å². The highest BCUT2D eigenvalue weighted by Gasteiger charge is 2.28. The van der Waals surface area contributed by atoms with Crippen LogP contribution in [-0.4, -0.2) is 0 Å². The van der Waals surface area contributed by atoms with E-state index in [-0.39, 0.29) is 17.0 Å². The second-order valence-corrected chi connectivity index (χ2v) is 5.19. The zero-order valence-electron chi connectivity index (χ0n) is 8.41. The molecule has 1 saturated carbocycles. The van der Waals surface area contributed by atoms with Gasteiger partial charge >= 0.3 is 0 Å². The van der Waals surface area contributed by atoms with Crippen molar-refractivity contribution >= 4 is 26.2 Å². The molecule has 0 nitrogen and oxygen atoms in total. The van der Waals surface area contributed by atoms with Crippen molar-refractivity contribution in [3.8, 4) is 0 Å². The van der Waals surface area contributed by atoms with Gasteiger partial charge in [-0.25, -0.2) is 0 Å². The lowest BCUT2D eigenvalue weighted by Crippen LogP contribution is -2.21. The van der Waals surface area contributed by atoms with Crippen LogP contribution in [0.15, 0.2) is 30.3 Å². The molecule has 14 heavy (non-hydrogen) atoms. The summed E-state index contributed by atoms with van der Waals surface area (Å²) in [5.41, 5.74) is 1.50. The first-order valence-corrected chi connectivity index (χ1v) is 5.73. The van der Waals surface area contributed by atoms with Crippen LogP contribution in [0.4, 0.5) is 0 Å². The fourth-order valence-electron chi connectivity index (χ4n) is 2.24. The Labute approximate surface area is 99.5 Å². The van der Waals surface area contributed by atoms with Crippen molar-refractivity contribution < 1.29 is 0 Å². The number of hydrogen-bond acceptors (Lipinski definition) is 0. The molecule has 0 saturated heterocycles. The number of benzene rings is 1. The van der Waals surface area contributed by atoms with Gasteiger partial charge in [0.1, 0.15) is 0 Å². The third-order valence-corrected chi connectivity index (χ3v) is 4.01. The standard InChI is InChI=1S/C12H17P.BrH/c13-12(9-5-2-6-10-12)11-7-3-1-4-8-11;/h1,3-4,7-8H,2,5-6,9-10,13H2;1H. The molecule has 0 amide bonds. The molecule has 0 aliphatic heterocycles. The Kier molecular flexibility index (Phi) is 4.60. The average molecular weight is 273 g/mol. The van der Waals surface area contributed by atoms with E-state index in [1.165, 1.54) is 37.7 Å². The third-order valence-electron chi connectivity index (χ3n) is 3.09. The Morgan fingerprint density at radius 2 is 1.50 bits per heavy atom. The van der Waals surface area contributed by atoms with Gasteiger partial charge in [-0.15, -0.1) is 26.2 Å². The highest BCUT2D eigenvalue weighted by atomic mass is 79.9. The van der Waals surface area contributed by atoms with Gasteiger partial charge in [-0.3, -0.25) is 0 Å². The van der Waals surface area contributed by atoms with Crippen LogP contribution < -0.4 is 0 Å². The molecule has 1 atom stereocenters. The molecule has 1 aromatic carbocycles. The lowest BCUT2D eigenvalue weighted by Gasteiger charge is -2.33. The Bertz CT molecular complexity index is 265. The van der Waals surface area contributed by atoms with Crippen LogP contribution in [-0.2, 0) is 5.16 Å². The monoisotopic (exact) mass is 272 g/mol.